The standard InChI is InChI=1S/C9H21NO2/c1-5-9(3,4)10-6-7-12-8(2)11/h8,10-11H,5-7H2,1-4H3. The van der Waals surface area contributed by atoms with E-state index in [2.05, 4.69) is 26.1 Å². The second-order valence-electron chi connectivity index (χ2n) is 3.63. The SMILES string of the molecule is CCC(C)(C)NCCOC(C)O. The molecule has 1 unspecified atom stereocenters. The lowest BCUT2D eigenvalue weighted by Crippen LogP contribution is -2.40. The monoisotopic (exact) mass is 175 g/mol. The van der Waals surface area contributed by atoms with Crippen LogP contribution in [0.1, 0.15) is 34.1 Å². The first-order chi connectivity index (χ1) is 5.48. The zero-order valence-corrected chi connectivity index (χ0v) is 8.55. The van der Waals surface area contributed by atoms with Crippen molar-refractivity contribution in [1.82, 2.24) is 5.32 Å². The molecule has 0 bridgehead atoms. The van der Waals surface area contributed by atoms with E-state index in [0.29, 0.717) is 6.61 Å². The Balaban J connectivity index is 3.31. The van der Waals surface area contributed by atoms with Crippen LogP contribution in [0.25, 0.3) is 0 Å². The molecule has 0 saturated carbocycles. The van der Waals surface area contributed by atoms with Gasteiger partial charge in [-0.05, 0) is 27.2 Å². The first kappa shape index (κ1) is 11.9. The van der Waals surface area contributed by atoms with Gasteiger partial charge in [-0.25, -0.2) is 0 Å². The Labute approximate surface area is 75.1 Å². The lowest BCUT2D eigenvalue weighted by Gasteiger charge is -2.24. The van der Waals surface area contributed by atoms with Gasteiger partial charge in [-0.15, -0.1) is 0 Å². The third-order valence-electron chi connectivity index (χ3n) is 1.95. The van der Waals surface area contributed by atoms with Crippen molar-refractivity contribution in [2.24, 2.45) is 0 Å². The molecule has 0 rings (SSSR count). The van der Waals surface area contributed by atoms with Gasteiger partial charge in [0.15, 0.2) is 6.29 Å². The number of aliphatic hydroxyl groups is 1. The molecule has 0 amide bonds. The van der Waals surface area contributed by atoms with Crippen LogP contribution >= 0.6 is 0 Å². The Morgan fingerprint density at radius 3 is 2.50 bits per heavy atom. The maximum absolute atomic E-state index is 8.79. The lowest BCUT2D eigenvalue weighted by molar-refractivity contribution is -0.0843. The van der Waals surface area contributed by atoms with Gasteiger partial charge in [-0.3, -0.25) is 0 Å². The molecule has 0 aliphatic carbocycles. The summed E-state index contributed by atoms with van der Waals surface area (Å²) in [7, 11) is 0. The fourth-order valence-electron chi connectivity index (χ4n) is 0.744. The minimum absolute atomic E-state index is 0.169. The molecule has 0 saturated heterocycles. The molecular formula is C9H21NO2. The van der Waals surface area contributed by atoms with E-state index in [1.54, 1.807) is 6.92 Å². The molecule has 0 aromatic rings. The van der Waals surface area contributed by atoms with Crippen molar-refractivity contribution in [3.05, 3.63) is 0 Å². The average molecular weight is 175 g/mol. The van der Waals surface area contributed by atoms with Crippen molar-refractivity contribution in [3.63, 3.8) is 0 Å². The van der Waals surface area contributed by atoms with Gasteiger partial charge in [-0.1, -0.05) is 6.92 Å². The highest BCUT2D eigenvalue weighted by atomic mass is 16.6. The number of aliphatic hydroxyl groups excluding tert-OH is 1. The van der Waals surface area contributed by atoms with Gasteiger partial charge in [0.25, 0.3) is 0 Å². The maximum atomic E-state index is 8.79. The summed E-state index contributed by atoms with van der Waals surface area (Å²) in [5.74, 6) is 0. The van der Waals surface area contributed by atoms with E-state index in [1.165, 1.54) is 0 Å². The Kier molecular flexibility index (Phi) is 5.46. The molecule has 0 fully saturated rings. The normalized spacial score (nSPS) is 14.8. The molecule has 74 valence electrons. The second-order valence-corrected chi connectivity index (χ2v) is 3.63. The molecule has 0 spiro atoms. The quantitative estimate of drug-likeness (QED) is 0.469. The Hall–Kier alpha value is -0.120. The van der Waals surface area contributed by atoms with Gasteiger partial charge in [0.2, 0.25) is 0 Å². The van der Waals surface area contributed by atoms with E-state index in [4.69, 9.17) is 9.84 Å². The fraction of sp³-hybridized carbons (Fsp3) is 1.00. The maximum Gasteiger partial charge on any atom is 0.151 e. The van der Waals surface area contributed by atoms with Crippen molar-refractivity contribution in [1.29, 1.82) is 0 Å². The average Bonchev–Trinajstić information content (AvgIpc) is 1.98. The summed E-state index contributed by atoms with van der Waals surface area (Å²) in [5.41, 5.74) is 0.169. The molecule has 0 aromatic carbocycles. The summed E-state index contributed by atoms with van der Waals surface area (Å²) in [4.78, 5) is 0. The summed E-state index contributed by atoms with van der Waals surface area (Å²) >= 11 is 0. The van der Waals surface area contributed by atoms with E-state index in [0.717, 1.165) is 13.0 Å². The highest BCUT2D eigenvalue weighted by Gasteiger charge is 2.12. The third kappa shape index (κ3) is 6.58. The van der Waals surface area contributed by atoms with E-state index in [9.17, 15) is 0 Å². The van der Waals surface area contributed by atoms with Crippen molar-refractivity contribution < 1.29 is 9.84 Å². The summed E-state index contributed by atoms with van der Waals surface area (Å²) in [6.07, 6.45) is 0.429. The smallest absolute Gasteiger partial charge is 0.151 e. The highest BCUT2D eigenvalue weighted by molar-refractivity contribution is 4.74. The summed E-state index contributed by atoms with van der Waals surface area (Å²) < 4.78 is 4.97. The van der Waals surface area contributed by atoms with E-state index in [-0.39, 0.29) is 5.54 Å². The molecule has 3 heteroatoms. The van der Waals surface area contributed by atoms with E-state index in [1.807, 2.05) is 0 Å². The molecule has 1 atom stereocenters. The Morgan fingerprint density at radius 2 is 2.08 bits per heavy atom. The van der Waals surface area contributed by atoms with Crippen molar-refractivity contribution in [2.45, 2.75) is 45.9 Å². The van der Waals surface area contributed by atoms with Gasteiger partial charge in [0.05, 0.1) is 6.61 Å². The predicted molar refractivity (Wildman–Crippen MR) is 50.0 cm³/mol. The third-order valence-corrected chi connectivity index (χ3v) is 1.95. The zero-order chi connectivity index (χ0) is 9.61. The Bertz CT molecular complexity index is 113. The summed E-state index contributed by atoms with van der Waals surface area (Å²) in [6.45, 7) is 9.39. The number of rotatable bonds is 6. The molecule has 2 N–H and O–H groups in total. The van der Waals surface area contributed by atoms with Crippen LogP contribution in [-0.4, -0.2) is 30.1 Å². The van der Waals surface area contributed by atoms with Gasteiger partial charge >= 0.3 is 0 Å². The second kappa shape index (κ2) is 5.51. The lowest BCUT2D eigenvalue weighted by atomic mass is 10.0. The van der Waals surface area contributed by atoms with Crippen molar-refractivity contribution >= 4 is 0 Å². The molecule has 0 aliphatic rings. The topological polar surface area (TPSA) is 41.5 Å². The van der Waals surface area contributed by atoms with Crippen LogP contribution in [0.2, 0.25) is 0 Å². The molecule has 0 heterocycles. The predicted octanol–water partition coefficient (Wildman–Crippen LogP) is 1.12. The molecule has 0 aromatic heterocycles. The van der Waals surface area contributed by atoms with Crippen LogP contribution in [0.3, 0.4) is 0 Å². The molecular weight excluding hydrogens is 154 g/mol. The molecule has 0 radical (unpaired) electrons. The van der Waals surface area contributed by atoms with Crippen LogP contribution in [0.15, 0.2) is 0 Å². The minimum atomic E-state index is -0.656. The zero-order valence-electron chi connectivity index (χ0n) is 8.55. The van der Waals surface area contributed by atoms with Crippen LogP contribution in [0.4, 0.5) is 0 Å². The Morgan fingerprint density at radius 1 is 1.50 bits per heavy atom. The summed E-state index contributed by atoms with van der Waals surface area (Å²) in [6, 6.07) is 0. The van der Waals surface area contributed by atoms with Crippen LogP contribution in [-0.2, 0) is 4.74 Å². The number of nitrogens with one attached hydrogen (secondary N) is 1. The van der Waals surface area contributed by atoms with E-state index >= 15 is 0 Å². The van der Waals surface area contributed by atoms with Crippen LogP contribution in [0.5, 0.6) is 0 Å². The van der Waals surface area contributed by atoms with Gasteiger partial charge in [0.1, 0.15) is 0 Å². The van der Waals surface area contributed by atoms with Crippen LogP contribution in [0, 0.1) is 0 Å². The fourth-order valence-corrected chi connectivity index (χ4v) is 0.744. The molecule has 12 heavy (non-hydrogen) atoms. The first-order valence-corrected chi connectivity index (χ1v) is 4.52. The first-order valence-electron chi connectivity index (χ1n) is 4.52. The van der Waals surface area contributed by atoms with Gasteiger partial charge in [0, 0.05) is 12.1 Å². The van der Waals surface area contributed by atoms with Crippen molar-refractivity contribution in [3.8, 4) is 0 Å². The molecule has 0 aliphatic heterocycles. The highest BCUT2D eigenvalue weighted by Crippen LogP contribution is 2.05. The van der Waals surface area contributed by atoms with Gasteiger partial charge < -0.3 is 15.2 Å². The molecule has 3 nitrogen and oxygen atoms in total. The number of hydrogen-bond donors (Lipinski definition) is 2. The van der Waals surface area contributed by atoms with Gasteiger partial charge in [-0.2, -0.15) is 0 Å². The summed E-state index contributed by atoms with van der Waals surface area (Å²) in [5, 5.41) is 12.1. The number of ether oxygens (including phenoxy) is 1. The largest absolute Gasteiger partial charge is 0.368 e. The van der Waals surface area contributed by atoms with Crippen LogP contribution < -0.4 is 5.32 Å². The minimum Gasteiger partial charge on any atom is -0.368 e. The van der Waals surface area contributed by atoms with Crippen molar-refractivity contribution in [2.75, 3.05) is 13.2 Å². The van der Waals surface area contributed by atoms with E-state index < -0.39 is 6.29 Å². The number of hydrogen-bond acceptors (Lipinski definition) is 3.